The maximum atomic E-state index is 4.79. The average molecular weight is 341 g/mol. The van der Waals surface area contributed by atoms with E-state index in [-0.39, 0.29) is 6.04 Å². The summed E-state index contributed by atoms with van der Waals surface area (Å²) in [5, 5.41) is 4.50. The van der Waals surface area contributed by atoms with Gasteiger partial charge in [0.1, 0.15) is 5.82 Å². The molecular weight excluding hydrogens is 322 g/mol. The molecule has 3 heterocycles. The third kappa shape index (κ3) is 3.24. The second-order valence-electron chi connectivity index (χ2n) is 6.28. The number of hydrogen-bond acceptors (Lipinski definition) is 5. The van der Waals surface area contributed by atoms with Crippen molar-refractivity contribution in [1.29, 1.82) is 0 Å². The highest BCUT2D eigenvalue weighted by Crippen LogP contribution is 2.28. The highest BCUT2D eigenvalue weighted by molar-refractivity contribution is 5.91. The van der Waals surface area contributed by atoms with Gasteiger partial charge in [-0.3, -0.25) is 9.97 Å². The minimum absolute atomic E-state index is 0.0246. The lowest BCUT2D eigenvalue weighted by atomic mass is 10.1. The van der Waals surface area contributed by atoms with Gasteiger partial charge in [0, 0.05) is 29.5 Å². The summed E-state index contributed by atoms with van der Waals surface area (Å²) in [6.07, 6.45) is 5.33. The summed E-state index contributed by atoms with van der Waals surface area (Å²) in [5.74, 6) is 1.46. The quantitative estimate of drug-likeness (QED) is 0.589. The third-order valence-corrected chi connectivity index (χ3v) is 4.26. The molecule has 0 amide bonds. The lowest BCUT2D eigenvalue weighted by molar-refractivity contribution is 0.833. The van der Waals surface area contributed by atoms with Crippen LogP contribution in [0.5, 0.6) is 0 Å². The van der Waals surface area contributed by atoms with Crippen molar-refractivity contribution in [2.45, 2.75) is 19.9 Å². The zero-order valence-corrected chi connectivity index (χ0v) is 14.7. The molecule has 3 aromatic heterocycles. The summed E-state index contributed by atoms with van der Waals surface area (Å²) in [4.78, 5) is 18.1. The van der Waals surface area contributed by atoms with Crippen LogP contribution >= 0.6 is 0 Å². The van der Waals surface area contributed by atoms with Crippen molar-refractivity contribution in [1.82, 2.24) is 19.9 Å². The molecule has 4 aromatic rings. The second-order valence-corrected chi connectivity index (χ2v) is 6.28. The normalized spacial score (nSPS) is 12.1. The van der Waals surface area contributed by atoms with Crippen LogP contribution in [-0.2, 0) is 0 Å². The molecule has 26 heavy (non-hydrogen) atoms. The predicted octanol–water partition coefficient (Wildman–Crippen LogP) is 4.57. The highest BCUT2D eigenvalue weighted by Gasteiger charge is 2.13. The van der Waals surface area contributed by atoms with Gasteiger partial charge in [-0.15, -0.1) is 0 Å². The Kier molecular flexibility index (Phi) is 4.27. The molecular formula is C21H19N5. The van der Waals surface area contributed by atoms with Crippen LogP contribution in [0.25, 0.3) is 22.3 Å². The van der Waals surface area contributed by atoms with Crippen molar-refractivity contribution in [2.75, 3.05) is 5.32 Å². The molecule has 0 radical (unpaired) electrons. The number of benzene rings is 1. The summed E-state index contributed by atoms with van der Waals surface area (Å²) in [5.41, 5.74) is 3.93. The second kappa shape index (κ2) is 6.88. The predicted molar refractivity (Wildman–Crippen MR) is 104 cm³/mol. The topological polar surface area (TPSA) is 63.6 Å². The van der Waals surface area contributed by atoms with Gasteiger partial charge < -0.3 is 5.32 Å². The fourth-order valence-corrected chi connectivity index (χ4v) is 2.89. The van der Waals surface area contributed by atoms with Gasteiger partial charge >= 0.3 is 0 Å². The van der Waals surface area contributed by atoms with Crippen molar-refractivity contribution in [3.05, 3.63) is 78.4 Å². The van der Waals surface area contributed by atoms with E-state index in [4.69, 9.17) is 9.97 Å². The first kappa shape index (κ1) is 16.1. The Balaban J connectivity index is 1.82. The summed E-state index contributed by atoms with van der Waals surface area (Å²) >= 11 is 0. The fourth-order valence-electron chi connectivity index (χ4n) is 2.89. The van der Waals surface area contributed by atoms with Gasteiger partial charge in [-0.1, -0.05) is 17.7 Å². The standard InChI is InChI=1S/C21H19N5/c1-14-8-9-19-17(12-14)21(24-15(2)18-7-3-4-11-23-18)26-20(25-19)16-6-5-10-22-13-16/h3-13,15H,1-2H3,(H,24,25,26). The first-order valence-corrected chi connectivity index (χ1v) is 8.57. The molecule has 4 rings (SSSR count). The Hall–Kier alpha value is -3.34. The number of hydrogen-bond donors (Lipinski definition) is 1. The van der Waals surface area contributed by atoms with E-state index in [1.165, 1.54) is 5.56 Å². The smallest absolute Gasteiger partial charge is 0.163 e. The van der Waals surface area contributed by atoms with Crippen molar-refractivity contribution in [3.8, 4) is 11.4 Å². The Morgan fingerprint density at radius 2 is 1.88 bits per heavy atom. The first-order chi connectivity index (χ1) is 12.7. The van der Waals surface area contributed by atoms with Gasteiger partial charge in [0.25, 0.3) is 0 Å². The van der Waals surface area contributed by atoms with Crippen LogP contribution in [0.15, 0.2) is 67.1 Å². The molecule has 1 unspecified atom stereocenters. The van der Waals surface area contributed by atoms with E-state index in [0.29, 0.717) is 5.82 Å². The third-order valence-electron chi connectivity index (χ3n) is 4.26. The zero-order chi connectivity index (χ0) is 17.9. The molecule has 0 spiro atoms. The van der Waals surface area contributed by atoms with Crippen molar-refractivity contribution < 1.29 is 0 Å². The van der Waals surface area contributed by atoms with E-state index >= 15 is 0 Å². The number of fused-ring (bicyclic) bond motifs is 1. The molecule has 0 aliphatic rings. The van der Waals surface area contributed by atoms with Crippen LogP contribution in [0.2, 0.25) is 0 Å². The Bertz CT molecular complexity index is 1030. The molecule has 0 aliphatic heterocycles. The van der Waals surface area contributed by atoms with E-state index in [0.717, 1.165) is 28.0 Å². The number of aryl methyl sites for hydroxylation is 1. The summed E-state index contributed by atoms with van der Waals surface area (Å²) in [6.45, 7) is 4.15. The number of nitrogens with one attached hydrogen (secondary N) is 1. The van der Waals surface area contributed by atoms with E-state index in [2.05, 4.69) is 41.3 Å². The summed E-state index contributed by atoms with van der Waals surface area (Å²) in [7, 11) is 0. The van der Waals surface area contributed by atoms with Gasteiger partial charge in [-0.05, 0) is 50.2 Å². The fraction of sp³-hybridized carbons (Fsp3) is 0.143. The van der Waals surface area contributed by atoms with Gasteiger partial charge in [-0.25, -0.2) is 9.97 Å². The molecule has 1 N–H and O–H groups in total. The SMILES string of the molecule is Cc1ccc2nc(-c3cccnc3)nc(NC(C)c3ccccn3)c2c1. The molecule has 0 fully saturated rings. The van der Waals surface area contributed by atoms with E-state index in [1.54, 1.807) is 18.6 Å². The van der Waals surface area contributed by atoms with Gasteiger partial charge in [0.05, 0.1) is 17.3 Å². The molecule has 0 saturated heterocycles. The van der Waals surface area contributed by atoms with Crippen LogP contribution in [0.4, 0.5) is 5.82 Å². The number of aromatic nitrogens is 4. The molecule has 0 saturated carbocycles. The summed E-state index contributed by atoms with van der Waals surface area (Å²) < 4.78 is 0. The van der Waals surface area contributed by atoms with Gasteiger partial charge in [0.2, 0.25) is 0 Å². The van der Waals surface area contributed by atoms with Crippen molar-refractivity contribution >= 4 is 16.7 Å². The number of pyridine rings is 2. The molecule has 0 aliphatic carbocycles. The van der Waals surface area contributed by atoms with Crippen LogP contribution < -0.4 is 5.32 Å². The molecule has 1 atom stereocenters. The monoisotopic (exact) mass is 341 g/mol. The minimum atomic E-state index is 0.0246. The van der Waals surface area contributed by atoms with Gasteiger partial charge in [0.15, 0.2) is 5.82 Å². The lowest BCUT2D eigenvalue weighted by Gasteiger charge is -2.16. The van der Waals surface area contributed by atoms with Crippen LogP contribution in [0.1, 0.15) is 24.2 Å². The summed E-state index contributed by atoms with van der Waals surface area (Å²) in [6, 6.07) is 16.0. The van der Waals surface area contributed by atoms with Crippen molar-refractivity contribution in [2.24, 2.45) is 0 Å². The van der Waals surface area contributed by atoms with E-state index in [9.17, 15) is 0 Å². The molecule has 0 bridgehead atoms. The van der Waals surface area contributed by atoms with E-state index < -0.39 is 0 Å². The highest BCUT2D eigenvalue weighted by atomic mass is 15.1. The van der Waals surface area contributed by atoms with Crippen LogP contribution in [0.3, 0.4) is 0 Å². The molecule has 5 nitrogen and oxygen atoms in total. The Labute approximate surface area is 152 Å². The number of nitrogens with zero attached hydrogens (tertiary/aromatic N) is 4. The molecule has 128 valence electrons. The Morgan fingerprint density at radius 1 is 0.962 bits per heavy atom. The van der Waals surface area contributed by atoms with Crippen molar-refractivity contribution in [3.63, 3.8) is 0 Å². The van der Waals surface area contributed by atoms with Gasteiger partial charge in [-0.2, -0.15) is 0 Å². The Morgan fingerprint density at radius 3 is 2.65 bits per heavy atom. The lowest BCUT2D eigenvalue weighted by Crippen LogP contribution is -2.10. The average Bonchev–Trinajstić information content (AvgIpc) is 2.69. The minimum Gasteiger partial charge on any atom is -0.361 e. The first-order valence-electron chi connectivity index (χ1n) is 8.57. The number of rotatable bonds is 4. The molecule has 1 aromatic carbocycles. The molecule has 5 heteroatoms. The maximum Gasteiger partial charge on any atom is 0.163 e. The van der Waals surface area contributed by atoms with Crippen LogP contribution in [-0.4, -0.2) is 19.9 Å². The zero-order valence-electron chi connectivity index (χ0n) is 14.7. The largest absolute Gasteiger partial charge is 0.361 e. The van der Waals surface area contributed by atoms with E-state index in [1.807, 2.05) is 36.4 Å². The number of anilines is 1. The maximum absolute atomic E-state index is 4.79. The van der Waals surface area contributed by atoms with Crippen LogP contribution in [0, 0.1) is 6.92 Å².